The minimum absolute atomic E-state index is 0.669. The van der Waals surface area contributed by atoms with Crippen LogP contribution in [-0.2, 0) is 6.54 Å². The summed E-state index contributed by atoms with van der Waals surface area (Å²) in [5.41, 5.74) is 2.22. The van der Waals surface area contributed by atoms with E-state index in [1.807, 2.05) is 13.1 Å². The lowest BCUT2D eigenvalue weighted by Crippen LogP contribution is -2.18. The van der Waals surface area contributed by atoms with Crippen LogP contribution in [0.5, 0.6) is 5.75 Å². The largest absolute Gasteiger partial charge is 0.493 e. The third-order valence-corrected chi connectivity index (χ3v) is 4.26. The Morgan fingerprint density at radius 1 is 1.38 bits per heavy atom. The average molecular weight is 290 g/mol. The molecule has 0 bridgehead atoms. The molecule has 1 aliphatic carbocycles. The van der Waals surface area contributed by atoms with Crippen LogP contribution >= 0.6 is 0 Å². The Hall–Kier alpha value is -1.09. The molecule has 0 saturated heterocycles. The van der Waals surface area contributed by atoms with Crippen molar-refractivity contribution < 1.29 is 4.74 Å². The van der Waals surface area contributed by atoms with Gasteiger partial charge in [0.1, 0.15) is 5.75 Å². The Morgan fingerprint density at radius 3 is 2.86 bits per heavy atom. The van der Waals surface area contributed by atoms with Gasteiger partial charge in [-0.2, -0.15) is 0 Å². The summed E-state index contributed by atoms with van der Waals surface area (Å²) >= 11 is 0. The van der Waals surface area contributed by atoms with Gasteiger partial charge in [0.05, 0.1) is 6.61 Å². The number of hydrogen-bond donors (Lipinski definition) is 1. The molecule has 1 N–H and O–H groups in total. The molecule has 1 aromatic heterocycles. The molecule has 1 fully saturated rings. The highest BCUT2D eigenvalue weighted by atomic mass is 16.5. The summed E-state index contributed by atoms with van der Waals surface area (Å²) in [6.07, 6.45) is 9.61. The van der Waals surface area contributed by atoms with Crippen LogP contribution in [0.3, 0.4) is 0 Å². The molecule has 3 nitrogen and oxygen atoms in total. The molecule has 3 heteroatoms. The summed E-state index contributed by atoms with van der Waals surface area (Å²) in [6.45, 7) is 8.24. The van der Waals surface area contributed by atoms with E-state index in [0.29, 0.717) is 12.0 Å². The van der Waals surface area contributed by atoms with E-state index in [9.17, 15) is 0 Å². The van der Waals surface area contributed by atoms with E-state index < -0.39 is 0 Å². The number of nitrogens with zero attached hydrogens (tertiary/aromatic N) is 1. The van der Waals surface area contributed by atoms with Crippen LogP contribution in [0, 0.1) is 12.8 Å². The summed E-state index contributed by atoms with van der Waals surface area (Å²) in [5.74, 6) is 1.69. The van der Waals surface area contributed by atoms with Gasteiger partial charge in [-0.3, -0.25) is 4.98 Å². The van der Waals surface area contributed by atoms with Crippen molar-refractivity contribution in [3.05, 3.63) is 23.5 Å². The van der Waals surface area contributed by atoms with Gasteiger partial charge >= 0.3 is 0 Å². The SMILES string of the molecule is CCCCC(CC)COc1cc(C)ncc1CNC1CC1. The van der Waals surface area contributed by atoms with Gasteiger partial charge in [-0.1, -0.05) is 33.1 Å². The van der Waals surface area contributed by atoms with E-state index >= 15 is 0 Å². The molecule has 0 aliphatic heterocycles. The van der Waals surface area contributed by atoms with Crippen LogP contribution in [0.1, 0.15) is 63.6 Å². The first-order chi connectivity index (χ1) is 10.2. The molecule has 0 radical (unpaired) electrons. The van der Waals surface area contributed by atoms with Crippen LogP contribution < -0.4 is 10.1 Å². The molecule has 0 amide bonds. The zero-order chi connectivity index (χ0) is 15.1. The van der Waals surface area contributed by atoms with E-state index in [2.05, 4.69) is 30.2 Å². The molecule has 1 aliphatic rings. The van der Waals surface area contributed by atoms with Crippen molar-refractivity contribution in [2.45, 2.75) is 71.9 Å². The molecule has 21 heavy (non-hydrogen) atoms. The predicted molar refractivity (Wildman–Crippen MR) is 87.6 cm³/mol. The number of aryl methyl sites for hydroxylation is 1. The normalized spacial score (nSPS) is 16.0. The lowest BCUT2D eigenvalue weighted by molar-refractivity contribution is 0.231. The van der Waals surface area contributed by atoms with Crippen LogP contribution in [0.2, 0.25) is 0 Å². The second-order valence-corrected chi connectivity index (χ2v) is 6.32. The van der Waals surface area contributed by atoms with Gasteiger partial charge in [-0.25, -0.2) is 0 Å². The van der Waals surface area contributed by atoms with Crippen molar-refractivity contribution in [3.63, 3.8) is 0 Å². The maximum Gasteiger partial charge on any atom is 0.127 e. The third-order valence-electron chi connectivity index (χ3n) is 4.26. The zero-order valence-electron chi connectivity index (χ0n) is 13.8. The lowest BCUT2D eigenvalue weighted by Gasteiger charge is -2.18. The Labute approximate surface area is 129 Å². The number of aromatic nitrogens is 1. The van der Waals surface area contributed by atoms with Gasteiger partial charge in [-0.15, -0.1) is 0 Å². The average Bonchev–Trinajstić information content (AvgIpc) is 3.31. The van der Waals surface area contributed by atoms with Crippen LogP contribution in [0.4, 0.5) is 0 Å². The Morgan fingerprint density at radius 2 is 2.19 bits per heavy atom. The quantitative estimate of drug-likeness (QED) is 0.700. The highest BCUT2D eigenvalue weighted by Gasteiger charge is 2.21. The summed E-state index contributed by atoms with van der Waals surface area (Å²) in [5, 5.41) is 3.55. The van der Waals surface area contributed by atoms with E-state index in [4.69, 9.17) is 4.74 Å². The molecular weight excluding hydrogens is 260 g/mol. The van der Waals surface area contributed by atoms with E-state index in [1.165, 1.54) is 44.1 Å². The van der Waals surface area contributed by atoms with Crippen molar-refractivity contribution >= 4 is 0 Å². The second-order valence-electron chi connectivity index (χ2n) is 6.32. The van der Waals surface area contributed by atoms with Gasteiger partial charge < -0.3 is 10.1 Å². The molecule has 0 aromatic carbocycles. The van der Waals surface area contributed by atoms with Gasteiger partial charge in [0.25, 0.3) is 0 Å². The van der Waals surface area contributed by atoms with Gasteiger partial charge in [0.2, 0.25) is 0 Å². The third kappa shape index (κ3) is 5.66. The first-order valence-electron chi connectivity index (χ1n) is 8.54. The van der Waals surface area contributed by atoms with Crippen LogP contribution in [0.15, 0.2) is 12.3 Å². The summed E-state index contributed by atoms with van der Waals surface area (Å²) in [4.78, 5) is 4.41. The van der Waals surface area contributed by atoms with E-state index in [-0.39, 0.29) is 0 Å². The fourth-order valence-electron chi connectivity index (χ4n) is 2.48. The molecule has 1 heterocycles. The van der Waals surface area contributed by atoms with Crippen molar-refractivity contribution in [2.75, 3.05) is 6.61 Å². The molecular formula is C18H30N2O. The molecule has 1 aromatic rings. The molecule has 118 valence electrons. The molecule has 1 saturated carbocycles. The fourth-order valence-corrected chi connectivity index (χ4v) is 2.48. The Kier molecular flexibility index (Phi) is 6.50. The monoisotopic (exact) mass is 290 g/mol. The van der Waals surface area contributed by atoms with E-state index in [1.54, 1.807) is 0 Å². The van der Waals surface area contributed by atoms with Crippen molar-refractivity contribution in [3.8, 4) is 5.75 Å². The number of unbranched alkanes of at least 4 members (excludes halogenated alkanes) is 1. The molecule has 2 rings (SSSR count). The topological polar surface area (TPSA) is 34.1 Å². The van der Waals surface area contributed by atoms with Crippen LogP contribution in [0.25, 0.3) is 0 Å². The van der Waals surface area contributed by atoms with Crippen molar-refractivity contribution in [1.82, 2.24) is 10.3 Å². The minimum Gasteiger partial charge on any atom is -0.493 e. The Bertz CT molecular complexity index is 429. The molecule has 1 atom stereocenters. The number of rotatable bonds is 10. The zero-order valence-corrected chi connectivity index (χ0v) is 13.8. The number of ether oxygens (including phenoxy) is 1. The summed E-state index contributed by atoms with van der Waals surface area (Å²) in [7, 11) is 0. The number of nitrogens with one attached hydrogen (secondary N) is 1. The maximum atomic E-state index is 6.14. The maximum absolute atomic E-state index is 6.14. The standard InChI is InChI=1S/C18H30N2O/c1-4-6-7-15(5-2)13-21-18-10-14(3)19-11-16(18)12-20-17-8-9-17/h10-11,15,17,20H,4-9,12-13H2,1-3H3. The van der Waals surface area contributed by atoms with E-state index in [0.717, 1.165) is 24.6 Å². The molecule has 0 spiro atoms. The summed E-state index contributed by atoms with van der Waals surface area (Å²) < 4.78 is 6.14. The van der Waals surface area contributed by atoms with Crippen molar-refractivity contribution in [2.24, 2.45) is 5.92 Å². The lowest BCUT2D eigenvalue weighted by atomic mass is 10.0. The number of hydrogen-bond acceptors (Lipinski definition) is 3. The van der Waals surface area contributed by atoms with Crippen LogP contribution in [-0.4, -0.2) is 17.6 Å². The highest BCUT2D eigenvalue weighted by molar-refractivity contribution is 5.33. The van der Waals surface area contributed by atoms with Gasteiger partial charge in [0.15, 0.2) is 0 Å². The number of pyridine rings is 1. The second kappa shape index (κ2) is 8.38. The first kappa shape index (κ1) is 16.3. The minimum atomic E-state index is 0.669. The van der Waals surface area contributed by atoms with Crippen molar-refractivity contribution in [1.29, 1.82) is 0 Å². The molecule has 1 unspecified atom stereocenters. The fraction of sp³-hybridized carbons (Fsp3) is 0.722. The Balaban J connectivity index is 1.91. The summed E-state index contributed by atoms with van der Waals surface area (Å²) in [6, 6.07) is 2.79. The smallest absolute Gasteiger partial charge is 0.127 e. The predicted octanol–water partition coefficient (Wildman–Crippen LogP) is 4.24. The van der Waals surface area contributed by atoms with Gasteiger partial charge in [0, 0.05) is 36.1 Å². The van der Waals surface area contributed by atoms with Gasteiger partial charge in [-0.05, 0) is 32.1 Å². The highest BCUT2D eigenvalue weighted by Crippen LogP contribution is 2.24. The first-order valence-corrected chi connectivity index (χ1v) is 8.54.